The summed E-state index contributed by atoms with van der Waals surface area (Å²) >= 11 is 6.05. The maximum atomic E-state index is 11.3. The summed E-state index contributed by atoms with van der Waals surface area (Å²) in [7, 11) is 0. The summed E-state index contributed by atoms with van der Waals surface area (Å²) in [6.45, 7) is 2.42. The molecule has 0 heterocycles. The summed E-state index contributed by atoms with van der Waals surface area (Å²) in [5.74, 6) is 2.22. The van der Waals surface area contributed by atoms with Crippen LogP contribution in [-0.2, 0) is 4.79 Å². The number of hydrogen-bond donors (Lipinski definition) is 2. The highest BCUT2D eigenvalue weighted by molar-refractivity contribution is 6.31. The van der Waals surface area contributed by atoms with Crippen LogP contribution >= 0.6 is 11.6 Å². The lowest BCUT2D eigenvalue weighted by Crippen LogP contribution is -2.35. The van der Waals surface area contributed by atoms with E-state index in [-0.39, 0.29) is 25.0 Å². The number of carbonyl (C=O) groups excluding carboxylic acids is 1. The first-order chi connectivity index (χ1) is 8.15. The molecule has 0 saturated heterocycles. The molecule has 0 bridgehead atoms. The summed E-state index contributed by atoms with van der Waals surface area (Å²) in [5.41, 5.74) is 0.971. The van der Waals surface area contributed by atoms with E-state index in [1.165, 1.54) is 0 Å². The van der Waals surface area contributed by atoms with E-state index >= 15 is 0 Å². The van der Waals surface area contributed by atoms with Crippen molar-refractivity contribution in [1.82, 2.24) is 10.6 Å². The van der Waals surface area contributed by atoms with Gasteiger partial charge in [-0.05, 0) is 18.6 Å². The molecule has 0 aliphatic carbocycles. The lowest BCUT2D eigenvalue weighted by molar-refractivity contribution is -0.120. The molecular weight excluding hydrogens is 236 g/mol. The maximum absolute atomic E-state index is 11.3. The van der Waals surface area contributed by atoms with Gasteiger partial charge in [-0.15, -0.1) is 6.42 Å². The smallest absolute Gasteiger partial charge is 0.234 e. The van der Waals surface area contributed by atoms with Crippen LogP contribution in [0, 0.1) is 12.3 Å². The van der Waals surface area contributed by atoms with Crippen molar-refractivity contribution < 1.29 is 4.79 Å². The molecule has 1 atom stereocenters. The van der Waals surface area contributed by atoms with Crippen LogP contribution in [0.4, 0.5) is 0 Å². The van der Waals surface area contributed by atoms with Crippen LogP contribution in [0.3, 0.4) is 0 Å². The molecule has 1 aromatic rings. The molecule has 17 heavy (non-hydrogen) atoms. The second-order valence-electron chi connectivity index (χ2n) is 3.60. The van der Waals surface area contributed by atoms with Gasteiger partial charge in [0.1, 0.15) is 0 Å². The minimum absolute atomic E-state index is 0.0142. The molecule has 0 fully saturated rings. The minimum atomic E-state index is -0.123. The van der Waals surface area contributed by atoms with E-state index < -0.39 is 0 Å². The minimum Gasteiger partial charge on any atom is -0.344 e. The third-order valence-corrected chi connectivity index (χ3v) is 2.67. The van der Waals surface area contributed by atoms with Gasteiger partial charge in [-0.2, -0.15) is 0 Å². The quantitative estimate of drug-likeness (QED) is 0.782. The topological polar surface area (TPSA) is 41.1 Å². The van der Waals surface area contributed by atoms with Crippen LogP contribution in [0.5, 0.6) is 0 Å². The molecule has 1 rings (SSSR count). The standard InChI is InChI=1S/C13H15ClN2O/c1-3-8-15-13(17)9-16-10(2)11-6-4-5-7-12(11)14/h1,4-7,10,16H,8-9H2,2H3,(H,15,17)/t10-/m0/s1. The van der Waals surface area contributed by atoms with E-state index in [0.29, 0.717) is 5.02 Å². The normalized spacial score (nSPS) is 11.6. The Hall–Kier alpha value is -1.50. The lowest BCUT2D eigenvalue weighted by atomic mass is 10.1. The molecule has 0 aromatic heterocycles. The van der Waals surface area contributed by atoms with Gasteiger partial charge in [0.15, 0.2) is 0 Å². The zero-order valence-electron chi connectivity index (χ0n) is 9.66. The molecule has 2 N–H and O–H groups in total. The van der Waals surface area contributed by atoms with Crippen LogP contribution < -0.4 is 10.6 Å². The van der Waals surface area contributed by atoms with Crippen molar-refractivity contribution in [3.8, 4) is 12.3 Å². The molecule has 3 nitrogen and oxygen atoms in total. The molecule has 90 valence electrons. The summed E-state index contributed by atoms with van der Waals surface area (Å²) in [5, 5.41) is 6.36. The van der Waals surface area contributed by atoms with Gasteiger partial charge in [0.2, 0.25) is 5.91 Å². The van der Waals surface area contributed by atoms with Gasteiger partial charge in [-0.3, -0.25) is 4.79 Å². The average Bonchev–Trinajstić information content (AvgIpc) is 2.34. The van der Waals surface area contributed by atoms with Gasteiger partial charge in [-0.1, -0.05) is 35.7 Å². The molecular formula is C13H15ClN2O. The molecule has 0 spiro atoms. The second kappa shape index (κ2) is 6.95. The highest BCUT2D eigenvalue weighted by Crippen LogP contribution is 2.21. The highest BCUT2D eigenvalue weighted by atomic mass is 35.5. The van der Waals surface area contributed by atoms with Crippen molar-refractivity contribution >= 4 is 17.5 Å². The van der Waals surface area contributed by atoms with E-state index in [1.807, 2.05) is 31.2 Å². The summed E-state index contributed by atoms with van der Waals surface area (Å²) in [6, 6.07) is 7.56. The fourth-order valence-electron chi connectivity index (χ4n) is 1.39. The molecule has 4 heteroatoms. The number of carbonyl (C=O) groups is 1. The predicted molar refractivity (Wildman–Crippen MR) is 69.7 cm³/mol. The summed E-state index contributed by atoms with van der Waals surface area (Å²) in [6.07, 6.45) is 5.04. The van der Waals surface area contributed by atoms with Crippen molar-refractivity contribution in [3.05, 3.63) is 34.9 Å². The van der Waals surface area contributed by atoms with Gasteiger partial charge in [-0.25, -0.2) is 0 Å². The number of halogens is 1. The van der Waals surface area contributed by atoms with E-state index in [2.05, 4.69) is 16.6 Å². The molecule has 0 unspecified atom stereocenters. The zero-order valence-corrected chi connectivity index (χ0v) is 10.4. The number of terminal acetylenes is 1. The van der Waals surface area contributed by atoms with Crippen molar-refractivity contribution in [1.29, 1.82) is 0 Å². The zero-order chi connectivity index (χ0) is 12.7. The first-order valence-electron chi connectivity index (χ1n) is 5.33. The van der Waals surface area contributed by atoms with Crippen LogP contribution in [0.15, 0.2) is 24.3 Å². The Labute approximate surface area is 107 Å². The van der Waals surface area contributed by atoms with Gasteiger partial charge in [0.25, 0.3) is 0 Å². The Bertz CT molecular complexity index is 426. The van der Waals surface area contributed by atoms with E-state index in [1.54, 1.807) is 0 Å². The van der Waals surface area contributed by atoms with Crippen LogP contribution in [0.25, 0.3) is 0 Å². The van der Waals surface area contributed by atoms with E-state index in [4.69, 9.17) is 18.0 Å². The monoisotopic (exact) mass is 250 g/mol. The molecule has 1 aromatic carbocycles. The predicted octanol–water partition coefficient (Wildman–Crippen LogP) is 1.74. The fraction of sp³-hybridized carbons (Fsp3) is 0.308. The molecule has 1 amide bonds. The fourth-order valence-corrected chi connectivity index (χ4v) is 1.69. The van der Waals surface area contributed by atoms with Crippen LogP contribution in [0.2, 0.25) is 5.02 Å². The molecule has 0 aliphatic rings. The van der Waals surface area contributed by atoms with Crippen molar-refractivity contribution in [3.63, 3.8) is 0 Å². The first-order valence-corrected chi connectivity index (χ1v) is 5.71. The second-order valence-corrected chi connectivity index (χ2v) is 4.01. The van der Waals surface area contributed by atoms with Crippen molar-refractivity contribution in [2.45, 2.75) is 13.0 Å². The van der Waals surface area contributed by atoms with E-state index in [0.717, 1.165) is 5.56 Å². The average molecular weight is 251 g/mol. The van der Waals surface area contributed by atoms with Gasteiger partial charge < -0.3 is 10.6 Å². The van der Waals surface area contributed by atoms with Crippen molar-refractivity contribution in [2.24, 2.45) is 0 Å². The van der Waals surface area contributed by atoms with Crippen LogP contribution in [-0.4, -0.2) is 19.0 Å². The van der Waals surface area contributed by atoms with Gasteiger partial charge >= 0.3 is 0 Å². The SMILES string of the molecule is C#CCNC(=O)CN[C@@H](C)c1ccccc1Cl. The number of amides is 1. The van der Waals surface area contributed by atoms with Crippen molar-refractivity contribution in [2.75, 3.05) is 13.1 Å². The lowest BCUT2D eigenvalue weighted by Gasteiger charge is -2.15. The Balaban J connectivity index is 2.45. The number of hydrogen-bond acceptors (Lipinski definition) is 2. The van der Waals surface area contributed by atoms with Gasteiger partial charge in [0, 0.05) is 11.1 Å². The number of benzene rings is 1. The number of nitrogens with one attached hydrogen (secondary N) is 2. The Morgan fingerprint density at radius 1 is 1.53 bits per heavy atom. The first kappa shape index (κ1) is 13.6. The van der Waals surface area contributed by atoms with Gasteiger partial charge in [0.05, 0.1) is 13.1 Å². The summed E-state index contributed by atoms with van der Waals surface area (Å²) in [4.78, 5) is 11.3. The van der Waals surface area contributed by atoms with Crippen LogP contribution in [0.1, 0.15) is 18.5 Å². The largest absolute Gasteiger partial charge is 0.344 e. The molecule has 0 radical (unpaired) electrons. The summed E-state index contributed by atoms with van der Waals surface area (Å²) < 4.78 is 0. The Morgan fingerprint density at radius 3 is 2.88 bits per heavy atom. The maximum Gasteiger partial charge on any atom is 0.234 e. The van der Waals surface area contributed by atoms with E-state index in [9.17, 15) is 4.79 Å². The number of rotatable bonds is 5. The Kier molecular flexibility index (Phi) is 5.55. The molecule has 0 aliphatic heterocycles. The molecule has 0 saturated carbocycles. The Morgan fingerprint density at radius 2 is 2.24 bits per heavy atom. The highest BCUT2D eigenvalue weighted by Gasteiger charge is 2.09. The third kappa shape index (κ3) is 4.48. The third-order valence-electron chi connectivity index (χ3n) is 2.33.